The van der Waals surface area contributed by atoms with Gasteiger partial charge < -0.3 is 0 Å². The minimum Gasteiger partial charge on any atom is -0.273 e. The number of benzene rings is 1. The third kappa shape index (κ3) is 3.24. The van der Waals surface area contributed by atoms with Gasteiger partial charge in [0.25, 0.3) is 5.91 Å². The molecule has 1 heterocycles. The number of hydrogen-bond acceptors (Lipinski definition) is 4. The maximum absolute atomic E-state index is 11.9. The Balaban J connectivity index is 1.61. The second-order valence-corrected chi connectivity index (χ2v) is 4.99. The van der Waals surface area contributed by atoms with Crippen molar-refractivity contribution in [1.82, 2.24) is 5.48 Å². The van der Waals surface area contributed by atoms with Crippen molar-refractivity contribution in [1.29, 1.82) is 0 Å². The van der Waals surface area contributed by atoms with Gasteiger partial charge in [-0.15, -0.1) is 0 Å². The fourth-order valence-corrected chi connectivity index (χ4v) is 1.91. The summed E-state index contributed by atoms with van der Waals surface area (Å²) >= 11 is 0. The lowest BCUT2D eigenvalue weighted by Gasteiger charge is -2.21. The van der Waals surface area contributed by atoms with Crippen LogP contribution in [0.15, 0.2) is 47.6 Å². The Labute approximate surface area is 117 Å². The number of para-hydroxylation sites is 1. The van der Waals surface area contributed by atoms with Crippen LogP contribution in [-0.2, 0) is 9.63 Å². The molecule has 5 heteroatoms. The summed E-state index contributed by atoms with van der Waals surface area (Å²) in [4.78, 5) is 17.1. The molecule has 1 amide bonds. The minimum atomic E-state index is -0.303. The second-order valence-electron chi connectivity index (χ2n) is 4.99. The molecule has 104 valence electrons. The van der Waals surface area contributed by atoms with E-state index < -0.39 is 0 Å². The van der Waals surface area contributed by atoms with E-state index in [-0.39, 0.29) is 5.91 Å². The normalized spacial score (nSPS) is 17.8. The smallest absolute Gasteiger partial charge is 0.273 e. The van der Waals surface area contributed by atoms with Crippen molar-refractivity contribution in [3.8, 4) is 0 Å². The molecule has 0 unspecified atom stereocenters. The summed E-state index contributed by atoms with van der Waals surface area (Å²) in [5, 5.41) is 6.12. The Hall–Kier alpha value is -2.14. The number of carbonyl (C=O) groups is 1. The van der Waals surface area contributed by atoms with Crippen LogP contribution in [0.25, 0.3) is 0 Å². The van der Waals surface area contributed by atoms with Crippen LogP contribution in [0.1, 0.15) is 12.8 Å². The van der Waals surface area contributed by atoms with Crippen LogP contribution in [-0.4, -0.2) is 24.8 Å². The van der Waals surface area contributed by atoms with Gasteiger partial charge >= 0.3 is 0 Å². The van der Waals surface area contributed by atoms with E-state index in [9.17, 15) is 4.79 Å². The molecule has 1 fully saturated rings. The van der Waals surface area contributed by atoms with Crippen molar-refractivity contribution in [3.05, 3.63) is 42.5 Å². The predicted octanol–water partition coefficient (Wildman–Crippen LogP) is 1.88. The average molecular weight is 271 g/mol. The molecule has 1 aromatic rings. The number of rotatable bonds is 5. The number of hydroxylamine groups is 1. The topological polar surface area (TPSA) is 53.9 Å². The molecule has 0 radical (unpaired) electrons. The fraction of sp³-hybridized carbons (Fsp3) is 0.333. The maximum Gasteiger partial charge on any atom is 0.295 e. The molecule has 5 nitrogen and oxygen atoms in total. The lowest BCUT2D eigenvalue weighted by atomic mass is 10.2. The third-order valence-electron chi connectivity index (χ3n) is 3.25. The number of anilines is 1. The van der Waals surface area contributed by atoms with Gasteiger partial charge in [-0.2, -0.15) is 5.10 Å². The summed E-state index contributed by atoms with van der Waals surface area (Å²) in [6, 6.07) is 9.76. The Morgan fingerprint density at radius 2 is 2.15 bits per heavy atom. The Morgan fingerprint density at radius 1 is 1.35 bits per heavy atom. The van der Waals surface area contributed by atoms with Crippen LogP contribution in [0.3, 0.4) is 0 Å². The van der Waals surface area contributed by atoms with Crippen molar-refractivity contribution in [2.45, 2.75) is 12.8 Å². The van der Waals surface area contributed by atoms with E-state index in [4.69, 9.17) is 4.84 Å². The Morgan fingerprint density at radius 3 is 2.90 bits per heavy atom. The van der Waals surface area contributed by atoms with Crippen LogP contribution < -0.4 is 10.5 Å². The van der Waals surface area contributed by atoms with Crippen molar-refractivity contribution in [2.24, 2.45) is 11.0 Å². The first-order valence-electron chi connectivity index (χ1n) is 6.83. The Kier molecular flexibility index (Phi) is 3.78. The highest BCUT2D eigenvalue weighted by Crippen LogP contribution is 2.28. The molecule has 0 atom stereocenters. The van der Waals surface area contributed by atoms with Crippen molar-refractivity contribution in [2.75, 3.05) is 18.2 Å². The van der Waals surface area contributed by atoms with E-state index in [1.807, 2.05) is 36.4 Å². The summed E-state index contributed by atoms with van der Waals surface area (Å²) in [5.41, 5.74) is 3.76. The Bertz CT molecular complexity index is 535. The van der Waals surface area contributed by atoms with Gasteiger partial charge in [-0.25, -0.2) is 5.48 Å². The van der Waals surface area contributed by atoms with Gasteiger partial charge in [-0.3, -0.25) is 14.6 Å². The van der Waals surface area contributed by atoms with Crippen LogP contribution in [0.4, 0.5) is 5.69 Å². The van der Waals surface area contributed by atoms with Gasteiger partial charge in [0.05, 0.1) is 18.8 Å². The van der Waals surface area contributed by atoms with Gasteiger partial charge in [0.15, 0.2) is 5.71 Å². The van der Waals surface area contributed by atoms with Crippen molar-refractivity contribution < 1.29 is 9.63 Å². The van der Waals surface area contributed by atoms with E-state index in [1.165, 1.54) is 12.8 Å². The highest BCUT2D eigenvalue weighted by molar-refractivity contribution is 6.43. The predicted molar refractivity (Wildman–Crippen MR) is 77.2 cm³/mol. The molecule has 3 rings (SSSR count). The molecule has 0 bridgehead atoms. The van der Waals surface area contributed by atoms with Gasteiger partial charge in [-0.1, -0.05) is 24.3 Å². The first-order chi connectivity index (χ1) is 9.83. The second kappa shape index (κ2) is 5.88. The maximum atomic E-state index is 11.9. The number of hydrogen-bond donors (Lipinski definition) is 1. The zero-order chi connectivity index (χ0) is 13.8. The van der Waals surface area contributed by atoms with Gasteiger partial charge in [-0.05, 0) is 37.0 Å². The molecule has 1 aliphatic carbocycles. The number of carbonyl (C=O) groups excluding carboxylic acids is 1. The highest BCUT2D eigenvalue weighted by atomic mass is 16.7. The molecular formula is C15H17N3O2. The van der Waals surface area contributed by atoms with E-state index in [2.05, 4.69) is 10.6 Å². The largest absolute Gasteiger partial charge is 0.295 e. The number of hydrazone groups is 1. The zero-order valence-corrected chi connectivity index (χ0v) is 11.2. The first kappa shape index (κ1) is 12.9. The number of nitrogens with zero attached hydrogens (tertiary/aromatic N) is 2. The minimum absolute atomic E-state index is 0.303. The van der Waals surface area contributed by atoms with Crippen LogP contribution in [0.5, 0.6) is 0 Å². The molecule has 0 saturated heterocycles. The molecule has 1 saturated carbocycles. The third-order valence-corrected chi connectivity index (χ3v) is 3.25. The summed E-state index contributed by atoms with van der Waals surface area (Å²) in [7, 11) is 0. The van der Waals surface area contributed by atoms with Crippen molar-refractivity contribution >= 4 is 17.3 Å². The van der Waals surface area contributed by atoms with Gasteiger partial charge in [0.2, 0.25) is 0 Å². The fourth-order valence-electron chi connectivity index (χ4n) is 1.91. The monoisotopic (exact) mass is 271 g/mol. The number of nitrogens with one attached hydrogen (secondary N) is 1. The summed E-state index contributed by atoms with van der Waals surface area (Å²) in [6.45, 7) is 1.24. The van der Waals surface area contributed by atoms with Gasteiger partial charge in [0.1, 0.15) is 0 Å². The zero-order valence-electron chi connectivity index (χ0n) is 11.2. The molecule has 2 aliphatic rings. The van der Waals surface area contributed by atoms with E-state index in [0.717, 1.165) is 5.69 Å². The SMILES string of the molecule is O=C(NOCC1CC1)C1=NN(c2ccccc2)CC=C1. The highest BCUT2D eigenvalue weighted by Gasteiger charge is 2.22. The quantitative estimate of drug-likeness (QED) is 0.832. The molecule has 0 aromatic heterocycles. The summed E-state index contributed by atoms with van der Waals surface area (Å²) in [5.74, 6) is 0.308. The lowest BCUT2D eigenvalue weighted by Crippen LogP contribution is -2.34. The van der Waals surface area contributed by atoms with Gasteiger partial charge in [0, 0.05) is 0 Å². The summed E-state index contributed by atoms with van der Waals surface area (Å²) < 4.78 is 0. The first-order valence-corrected chi connectivity index (χ1v) is 6.83. The van der Waals surface area contributed by atoms with E-state index in [1.54, 1.807) is 11.1 Å². The van der Waals surface area contributed by atoms with Crippen LogP contribution >= 0.6 is 0 Å². The van der Waals surface area contributed by atoms with Crippen molar-refractivity contribution in [3.63, 3.8) is 0 Å². The van der Waals surface area contributed by atoms with Crippen LogP contribution in [0.2, 0.25) is 0 Å². The molecule has 1 N–H and O–H groups in total. The van der Waals surface area contributed by atoms with E-state index in [0.29, 0.717) is 24.8 Å². The molecular weight excluding hydrogens is 254 g/mol. The molecule has 20 heavy (non-hydrogen) atoms. The molecule has 1 aromatic carbocycles. The van der Waals surface area contributed by atoms with E-state index >= 15 is 0 Å². The lowest BCUT2D eigenvalue weighted by molar-refractivity contribution is -0.126. The molecule has 1 aliphatic heterocycles. The molecule has 0 spiro atoms. The van der Waals surface area contributed by atoms with Crippen LogP contribution in [0, 0.1) is 5.92 Å². The number of amides is 1. The standard InChI is InChI=1S/C15H17N3O2/c19-15(17-20-11-12-8-9-12)14-7-4-10-18(16-14)13-5-2-1-3-6-13/h1-7,12H,8-11H2,(H,17,19). The average Bonchev–Trinajstić information content (AvgIpc) is 3.32. The summed E-state index contributed by atoms with van der Waals surface area (Å²) in [6.07, 6.45) is 6.02.